The molecule has 1 fully saturated rings. The van der Waals surface area contributed by atoms with Crippen LogP contribution in [0.1, 0.15) is 39.5 Å². The Balaban J connectivity index is 2.54. The molecule has 0 saturated carbocycles. The maximum atomic E-state index is 11.3. The Labute approximate surface area is 115 Å². The summed E-state index contributed by atoms with van der Waals surface area (Å²) < 4.78 is 0. The minimum Gasteiger partial charge on any atom is -0.480 e. The van der Waals surface area contributed by atoms with Gasteiger partial charge >= 0.3 is 5.97 Å². The van der Waals surface area contributed by atoms with Crippen LogP contribution in [0.25, 0.3) is 0 Å². The van der Waals surface area contributed by atoms with Crippen molar-refractivity contribution in [3.63, 3.8) is 0 Å². The minimum atomic E-state index is -0.782. The molecule has 0 aromatic rings. The Bertz CT molecular complexity index is 312. The molecule has 5 nitrogen and oxygen atoms in total. The number of hydrogen-bond acceptors (Lipinski definition) is 4. The Morgan fingerprint density at radius 2 is 2.21 bits per heavy atom. The molecule has 110 valence electrons. The Morgan fingerprint density at radius 1 is 1.53 bits per heavy atom. The van der Waals surface area contributed by atoms with E-state index in [0.717, 1.165) is 25.7 Å². The summed E-state index contributed by atoms with van der Waals surface area (Å²) in [7, 11) is 1.83. The van der Waals surface area contributed by atoms with Crippen molar-refractivity contribution in [2.45, 2.75) is 51.1 Å². The standard InChI is InChI=1S/C14H26N2O3/c1-11(2)9-12(13(18)19)16(3)8-6-14(10-17)5-4-7-15-14/h10-12,15H,4-9H2,1-3H3,(H,18,19). The van der Waals surface area contributed by atoms with Gasteiger partial charge in [-0.1, -0.05) is 13.8 Å². The summed E-state index contributed by atoms with van der Waals surface area (Å²) in [6, 6.07) is -0.467. The summed E-state index contributed by atoms with van der Waals surface area (Å²) in [5, 5.41) is 12.5. The molecule has 1 aliphatic rings. The smallest absolute Gasteiger partial charge is 0.320 e. The fraction of sp³-hybridized carbons (Fsp3) is 0.857. The number of nitrogens with zero attached hydrogens (tertiary/aromatic N) is 1. The molecule has 0 radical (unpaired) electrons. The predicted molar refractivity (Wildman–Crippen MR) is 74.2 cm³/mol. The van der Waals surface area contributed by atoms with Gasteiger partial charge in [0.15, 0.2) is 0 Å². The third-order valence-electron chi connectivity index (χ3n) is 3.92. The van der Waals surface area contributed by atoms with Crippen molar-refractivity contribution in [1.82, 2.24) is 10.2 Å². The lowest BCUT2D eigenvalue weighted by atomic mass is 9.94. The number of aliphatic carboxylic acids is 1. The van der Waals surface area contributed by atoms with E-state index in [-0.39, 0.29) is 0 Å². The number of aldehydes is 1. The summed E-state index contributed by atoms with van der Waals surface area (Å²) in [6.45, 7) is 5.54. The van der Waals surface area contributed by atoms with E-state index in [1.165, 1.54) is 0 Å². The first-order chi connectivity index (χ1) is 8.90. The van der Waals surface area contributed by atoms with Crippen LogP contribution in [0.2, 0.25) is 0 Å². The molecule has 0 aromatic heterocycles. The molecule has 0 aliphatic carbocycles. The van der Waals surface area contributed by atoms with Crippen molar-refractivity contribution in [1.29, 1.82) is 0 Å². The summed E-state index contributed by atoms with van der Waals surface area (Å²) in [5.41, 5.74) is -0.435. The van der Waals surface area contributed by atoms with Gasteiger partial charge in [0.2, 0.25) is 0 Å². The lowest BCUT2D eigenvalue weighted by Gasteiger charge is -2.30. The van der Waals surface area contributed by atoms with E-state index in [1.807, 2.05) is 25.8 Å². The van der Waals surface area contributed by atoms with Crippen molar-refractivity contribution in [3.05, 3.63) is 0 Å². The Morgan fingerprint density at radius 3 is 2.63 bits per heavy atom. The normalized spacial score (nSPS) is 24.9. The zero-order valence-corrected chi connectivity index (χ0v) is 12.2. The van der Waals surface area contributed by atoms with Crippen LogP contribution >= 0.6 is 0 Å². The average molecular weight is 270 g/mol. The van der Waals surface area contributed by atoms with Gasteiger partial charge in [-0.25, -0.2) is 0 Å². The third-order valence-corrected chi connectivity index (χ3v) is 3.92. The molecule has 2 N–H and O–H groups in total. The summed E-state index contributed by atoms with van der Waals surface area (Å²) >= 11 is 0. The molecule has 1 aliphatic heterocycles. The molecule has 0 amide bonds. The van der Waals surface area contributed by atoms with Gasteiger partial charge < -0.3 is 15.2 Å². The fourth-order valence-electron chi connectivity index (χ4n) is 2.65. The van der Waals surface area contributed by atoms with Crippen LogP contribution in [-0.4, -0.2) is 54.0 Å². The van der Waals surface area contributed by atoms with E-state index < -0.39 is 17.6 Å². The monoisotopic (exact) mass is 270 g/mol. The second-order valence-corrected chi connectivity index (χ2v) is 6.02. The zero-order valence-electron chi connectivity index (χ0n) is 12.2. The van der Waals surface area contributed by atoms with E-state index in [0.29, 0.717) is 25.3 Å². The molecule has 2 atom stereocenters. The molecule has 0 aromatic carbocycles. The second kappa shape index (κ2) is 7.01. The minimum absolute atomic E-state index is 0.341. The van der Waals surface area contributed by atoms with Crippen LogP contribution in [-0.2, 0) is 9.59 Å². The average Bonchev–Trinajstić information content (AvgIpc) is 2.82. The quantitative estimate of drug-likeness (QED) is 0.647. The number of nitrogens with one attached hydrogen (secondary N) is 1. The zero-order chi connectivity index (χ0) is 14.5. The van der Waals surface area contributed by atoms with Crippen LogP contribution in [0.15, 0.2) is 0 Å². The lowest BCUT2D eigenvalue weighted by Crippen LogP contribution is -2.47. The lowest BCUT2D eigenvalue weighted by molar-refractivity contribution is -0.143. The number of carboxylic acid groups (broad SMARTS) is 1. The summed E-state index contributed by atoms with van der Waals surface area (Å²) in [4.78, 5) is 24.4. The van der Waals surface area contributed by atoms with Crippen LogP contribution in [0.4, 0.5) is 0 Å². The molecule has 0 bridgehead atoms. The van der Waals surface area contributed by atoms with Crippen molar-refractivity contribution in [2.24, 2.45) is 5.92 Å². The molecule has 19 heavy (non-hydrogen) atoms. The topological polar surface area (TPSA) is 69.6 Å². The molecule has 0 spiro atoms. The second-order valence-electron chi connectivity index (χ2n) is 6.02. The molecule has 2 unspecified atom stereocenters. The van der Waals surface area contributed by atoms with Crippen LogP contribution < -0.4 is 5.32 Å². The largest absolute Gasteiger partial charge is 0.480 e. The first-order valence-corrected chi connectivity index (χ1v) is 7.04. The van der Waals surface area contributed by atoms with Crippen molar-refractivity contribution < 1.29 is 14.7 Å². The van der Waals surface area contributed by atoms with E-state index in [2.05, 4.69) is 5.32 Å². The maximum absolute atomic E-state index is 11.3. The van der Waals surface area contributed by atoms with Crippen molar-refractivity contribution in [2.75, 3.05) is 20.1 Å². The van der Waals surface area contributed by atoms with E-state index in [4.69, 9.17) is 0 Å². The number of carbonyl (C=O) groups excluding carboxylic acids is 1. The van der Waals surface area contributed by atoms with E-state index in [9.17, 15) is 14.7 Å². The van der Waals surface area contributed by atoms with Gasteiger partial charge in [-0.3, -0.25) is 9.69 Å². The fourth-order valence-corrected chi connectivity index (χ4v) is 2.65. The molecule has 5 heteroatoms. The molecule has 1 rings (SSSR count). The summed E-state index contributed by atoms with van der Waals surface area (Å²) in [6.07, 6.45) is 4.16. The summed E-state index contributed by atoms with van der Waals surface area (Å²) in [5.74, 6) is -0.441. The third kappa shape index (κ3) is 4.58. The molecular formula is C14H26N2O3. The van der Waals surface area contributed by atoms with Gasteiger partial charge in [-0.2, -0.15) is 0 Å². The molecular weight excluding hydrogens is 244 g/mol. The van der Waals surface area contributed by atoms with Gasteiger partial charge in [0.1, 0.15) is 12.3 Å². The van der Waals surface area contributed by atoms with E-state index >= 15 is 0 Å². The molecule has 1 heterocycles. The first kappa shape index (κ1) is 16.1. The van der Waals surface area contributed by atoms with Crippen LogP contribution in [0.5, 0.6) is 0 Å². The van der Waals surface area contributed by atoms with Gasteiger partial charge in [-0.05, 0) is 45.2 Å². The van der Waals surface area contributed by atoms with Crippen LogP contribution in [0, 0.1) is 5.92 Å². The SMILES string of the molecule is CC(C)CC(C(=O)O)N(C)CCC1(C=O)CCCN1. The highest BCUT2D eigenvalue weighted by Crippen LogP contribution is 2.22. The van der Waals surface area contributed by atoms with Crippen LogP contribution in [0.3, 0.4) is 0 Å². The Kier molecular flexibility index (Phi) is 5.94. The van der Waals surface area contributed by atoms with Gasteiger partial charge in [-0.15, -0.1) is 0 Å². The number of likely N-dealkylation sites (N-methyl/N-ethyl adjacent to an activating group) is 1. The molecule has 1 saturated heterocycles. The first-order valence-electron chi connectivity index (χ1n) is 7.04. The predicted octanol–water partition coefficient (Wildman–Crippen LogP) is 1.13. The van der Waals surface area contributed by atoms with Gasteiger partial charge in [0.25, 0.3) is 0 Å². The highest BCUT2D eigenvalue weighted by molar-refractivity contribution is 5.73. The highest BCUT2D eigenvalue weighted by atomic mass is 16.4. The van der Waals surface area contributed by atoms with E-state index in [1.54, 1.807) is 0 Å². The number of rotatable bonds is 8. The Hall–Kier alpha value is -0.940. The number of carboxylic acids is 1. The number of hydrogen-bond donors (Lipinski definition) is 2. The van der Waals surface area contributed by atoms with Gasteiger partial charge in [0.05, 0.1) is 5.54 Å². The number of carbonyl (C=O) groups is 2. The highest BCUT2D eigenvalue weighted by Gasteiger charge is 2.34. The van der Waals surface area contributed by atoms with Crippen molar-refractivity contribution in [3.8, 4) is 0 Å². The van der Waals surface area contributed by atoms with Crippen molar-refractivity contribution >= 4 is 12.3 Å². The maximum Gasteiger partial charge on any atom is 0.320 e. The van der Waals surface area contributed by atoms with Gasteiger partial charge in [0, 0.05) is 6.54 Å².